The van der Waals surface area contributed by atoms with Crippen LogP contribution in [0.25, 0.3) is 0 Å². The molecule has 0 rings (SSSR count). The molecule has 0 bridgehead atoms. The van der Waals surface area contributed by atoms with Crippen LogP contribution < -0.4 is 5.41 Å². The van der Waals surface area contributed by atoms with Gasteiger partial charge in [-0.05, 0) is 12.8 Å². The van der Waals surface area contributed by atoms with Gasteiger partial charge in [0.1, 0.15) is 6.07 Å². The van der Waals surface area contributed by atoms with E-state index < -0.39 is 0 Å². The van der Waals surface area contributed by atoms with Crippen LogP contribution in [0.15, 0.2) is 5.57 Å². The first-order valence-electron chi connectivity index (χ1n) is 3.01. The van der Waals surface area contributed by atoms with Crippen molar-refractivity contribution in [1.29, 1.82) is 5.26 Å². The van der Waals surface area contributed by atoms with Gasteiger partial charge in [-0.25, -0.2) is 0 Å². The van der Waals surface area contributed by atoms with Crippen LogP contribution >= 0.6 is 0 Å². The lowest BCUT2D eigenvalue weighted by atomic mass is 10.1. The molecule has 0 aromatic carbocycles. The maximum atomic E-state index is 8.24. The Morgan fingerprint density at radius 2 is 2.22 bits per heavy atom. The molecule has 0 aromatic heterocycles. The Morgan fingerprint density at radius 3 is 2.56 bits per heavy atom. The third-order valence-electron chi connectivity index (χ3n) is 1.05. The summed E-state index contributed by atoms with van der Waals surface area (Å²) >= 11 is 0. The van der Waals surface area contributed by atoms with Crippen molar-refractivity contribution in [2.75, 3.05) is 0 Å². The van der Waals surface area contributed by atoms with Crippen LogP contribution in [0.1, 0.15) is 26.2 Å². The summed E-state index contributed by atoms with van der Waals surface area (Å²) in [5, 5.41) is 16.5. The van der Waals surface area contributed by atoms with E-state index in [0.717, 1.165) is 12.8 Å². The van der Waals surface area contributed by atoms with Crippen molar-refractivity contribution in [3.63, 3.8) is 0 Å². The van der Waals surface area contributed by atoms with E-state index in [4.69, 9.17) is 10.7 Å². The molecule has 0 fully saturated rings. The monoisotopic (exact) mass is 121 g/mol. The molecule has 0 aliphatic heterocycles. The number of nitriles is 1. The molecule has 0 saturated heterocycles. The normalized spacial score (nSPS) is 7.56. The zero-order valence-electron chi connectivity index (χ0n) is 5.52. The maximum absolute atomic E-state index is 8.24. The van der Waals surface area contributed by atoms with Gasteiger partial charge in [0.25, 0.3) is 0 Å². The summed E-state index contributed by atoms with van der Waals surface area (Å²) < 4.78 is 0. The Hall–Kier alpha value is -1.06. The average molecular weight is 121 g/mol. The van der Waals surface area contributed by atoms with Gasteiger partial charge in [0.15, 0.2) is 0 Å². The highest BCUT2D eigenvalue weighted by molar-refractivity contribution is 5.60. The van der Waals surface area contributed by atoms with E-state index in [1.54, 1.807) is 0 Å². The fraction of sp³-hybridized carbons (Fsp3) is 0.571. The first-order valence-corrected chi connectivity index (χ1v) is 3.01. The molecule has 0 aliphatic carbocycles. The van der Waals surface area contributed by atoms with Crippen LogP contribution in [0.3, 0.4) is 0 Å². The fourth-order valence-corrected chi connectivity index (χ4v) is 0.490. The topological polar surface area (TPSA) is 46.1 Å². The Bertz CT molecular complexity index is 158. The Balaban J connectivity index is 3.63. The van der Waals surface area contributed by atoms with Crippen molar-refractivity contribution in [2.24, 2.45) is 0 Å². The van der Waals surface area contributed by atoms with Crippen molar-refractivity contribution >= 4 is 5.87 Å². The molecule has 0 unspecified atom stereocenters. The molecule has 0 heterocycles. The number of nitrogens with zero attached hydrogens (tertiary/aromatic N) is 2. The highest BCUT2D eigenvalue weighted by atomic mass is 14.3. The molecule has 0 saturated carbocycles. The zero-order valence-corrected chi connectivity index (χ0v) is 5.52. The second kappa shape index (κ2) is 5.08. The quantitative estimate of drug-likeness (QED) is 0.407. The van der Waals surface area contributed by atoms with E-state index in [0.29, 0.717) is 12.0 Å². The first kappa shape index (κ1) is 7.94. The predicted molar refractivity (Wildman–Crippen MR) is 35.8 cm³/mol. The molecule has 0 atom stereocenters. The van der Waals surface area contributed by atoms with Crippen molar-refractivity contribution in [1.82, 2.24) is 5.41 Å². The van der Waals surface area contributed by atoms with Crippen LogP contribution in [0.2, 0.25) is 0 Å². The van der Waals surface area contributed by atoms with E-state index in [9.17, 15) is 0 Å². The molecule has 9 heavy (non-hydrogen) atoms. The molecule has 0 spiro atoms. The van der Waals surface area contributed by atoms with Gasteiger partial charge in [0.05, 0.1) is 5.57 Å². The molecule has 0 aliphatic rings. The molecule has 47 valence electrons. The zero-order chi connectivity index (χ0) is 7.11. The third-order valence-corrected chi connectivity index (χ3v) is 1.05. The molecular formula is C7H9N2. The number of allylic oxidation sites excluding steroid dienone is 1. The summed E-state index contributed by atoms with van der Waals surface area (Å²) in [6.07, 6.45) is 2.62. The fourth-order valence-electron chi connectivity index (χ4n) is 0.490. The van der Waals surface area contributed by atoms with E-state index >= 15 is 0 Å². The minimum absolute atomic E-state index is 0.344. The van der Waals surface area contributed by atoms with Crippen LogP contribution in [0, 0.1) is 11.3 Å². The molecule has 0 amide bonds. The summed E-state index contributed by atoms with van der Waals surface area (Å²) in [6.45, 7) is 2.03. The number of rotatable bonds is 3. The molecule has 1 radical (unpaired) electrons. The summed E-state index contributed by atoms with van der Waals surface area (Å²) in [4.78, 5) is 0. The van der Waals surface area contributed by atoms with E-state index in [1.165, 1.54) is 0 Å². The van der Waals surface area contributed by atoms with Crippen LogP contribution in [-0.2, 0) is 0 Å². The molecule has 2 nitrogen and oxygen atoms in total. The van der Waals surface area contributed by atoms with Gasteiger partial charge in [-0.3, -0.25) is 0 Å². The lowest BCUT2D eigenvalue weighted by Gasteiger charge is -1.88. The Kier molecular flexibility index (Phi) is 4.49. The number of unbranched alkanes of at least 4 members (excludes halogenated alkanes) is 1. The van der Waals surface area contributed by atoms with Crippen molar-refractivity contribution in [3.05, 3.63) is 5.57 Å². The summed E-state index contributed by atoms with van der Waals surface area (Å²) in [5.41, 5.74) is 0.344. The minimum Gasteiger partial charge on any atom is -0.192 e. The number of hydrogen-bond acceptors (Lipinski definition) is 1. The SMILES string of the molecule is CCCCC(=C=[N])C#N. The summed E-state index contributed by atoms with van der Waals surface area (Å²) in [6, 6.07) is 1.84. The van der Waals surface area contributed by atoms with Gasteiger partial charge in [-0.1, -0.05) is 18.8 Å². The van der Waals surface area contributed by atoms with E-state index in [1.807, 2.05) is 18.9 Å². The largest absolute Gasteiger partial charge is 0.192 e. The Labute approximate surface area is 55.3 Å². The highest BCUT2D eigenvalue weighted by Gasteiger charge is 1.91. The van der Waals surface area contributed by atoms with Crippen molar-refractivity contribution in [2.45, 2.75) is 26.2 Å². The van der Waals surface area contributed by atoms with Gasteiger partial charge in [-0.2, -0.15) is 5.26 Å². The van der Waals surface area contributed by atoms with Crippen molar-refractivity contribution in [3.8, 4) is 6.07 Å². The second-order valence-corrected chi connectivity index (χ2v) is 1.81. The number of hydrogen-bond donors (Lipinski definition) is 0. The minimum atomic E-state index is 0.344. The van der Waals surface area contributed by atoms with Gasteiger partial charge in [0, 0.05) is 5.87 Å². The standard InChI is InChI=1S/C7H9N2/c1-2-3-4-7(5-8)6-9/h2-4H2,1H3. The molecular weight excluding hydrogens is 112 g/mol. The lowest BCUT2D eigenvalue weighted by Crippen LogP contribution is -1.79. The van der Waals surface area contributed by atoms with Crippen molar-refractivity contribution < 1.29 is 0 Å². The van der Waals surface area contributed by atoms with Gasteiger partial charge >= 0.3 is 0 Å². The van der Waals surface area contributed by atoms with Gasteiger partial charge in [0.2, 0.25) is 0 Å². The average Bonchev–Trinajstić information content (AvgIpc) is 1.91. The molecule has 0 N–H and O–H groups in total. The van der Waals surface area contributed by atoms with Crippen LogP contribution in [-0.4, -0.2) is 5.87 Å². The van der Waals surface area contributed by atoms with Gasteiger partial charge < -0.3 is 0 Å². The highest BCUT2D eigenvalue weighted by Crippen LogP contribution is 2.00. The lowest BCUT2D eigenvalue weighted by molar-refractivity contribution is 0.804. The Morgan fingerprint density at radius 1 is 1.56 bits per heavy atom. The summed E-state index contributed by atoms with van der Waals surface area (Å²) in [5.74, 6) is 1.84. The van der Waals surface area contributed by atoms with E-state index in [-0.39, 0.29) is 0 Å². The smallest absolute Gasteiger partial charge is 0.105 e. The van der Waals surface area contributed by atoms with Crippen LogP contribution in [0.5, 0.6) is 0 Å². The molecule has 0 aromatic rings. The second-order valence-electron chi connectivity index (χ2n) is 1.81. The first-order chi connectivity index (χ1) is 4.35. The van der Waals surface area contributed by atoms with E-state index in [2.05, 4.69) is 0 Å². The van der Waals surface area contributed by atoms with Gasteiger partial charge in [-0.15, -0.1) is 0 Å². The summed E-state index contributed by atoms with van der Waals surface area (Å²) in [7, 11) is 0. The molecule has 2 heteroatoms. The predicted octanol–water partition coefficient (Wildman–Crippen LogP) is 1.10. The third kappa shape index (κ3) is 3.52. The maximum Gasteiger partial charge on any atom is 0.105 e. The van der Waals surface area contributed by atoms with Crippen LogP contribution in [0.4, 0.5) is 0 Å².